The molecule has 0 saturated heterocycles. The highest BCUT2D eigenvalue weighted by Crippen LogP contribution is 2.23. The van der Waals surface area contributed by atoms with Gasteiger partial charge in [-0.3, -0.25) is 9.59 Å². The average molecular weight is 348 g/mol. The Hall–Kier alpha value is -2.90. The van der Waals surface area contributed by atoms with E-state index in [0.717, 1.165) is 0 Å². The zero-order valence-corrected chi connectivity index (χ0v) is 13.1. The van der Waals surface area contributed by atoms with E-state index < -0.39 is 18.2 Å². The Kier molecular flexibility index (Phi) is 5.51. The van der Waals surface area contributed by atoms with Crippen molar-refractivity contribution in [3.05, 3.63) is 64.7 Å². The van der Waals surface area contributed by atoms with E-state index in [0.29, 0.717) is 10.6 Å². The molecule has 0 aliphatic rings. The lowest BCUT2D eigenvalue weighted by atomic mass is 10.0. The van der Waals surface area contributed by atoms with Crippen molar-refractivity contribution in [1.29, 1.82) is 0 Å². The van der Waals surface area contributed by atoms with Gasteiger partial charge in [-0.1, -0.05) is 41.9 Å². The van der Waals surface area contributed by atoms with E-state index in [9.17, 15) is 19.5 Å². The van der Waals surface area contributed by atoms with Crippen molar-refractivity contribution >= 4 is 35.0 Å². The summed E-state index contributed by atoms with van der Waals surface area (Å²) in [5.41, 5.74) is 5.53. The number of anilines is 1. The van der Waals surface area contributed by atoms with E-state index in [1.807, 2.05) is 5.32 Å². The normalized spacial score (nSPS) is 11.4. The number of carbonyl (C=O) groups is 3. The maximum Gasteiger partial charge on any atom is 0.314 e. The lowest BCUT2D eigenvalue weighted by Gasteiger charge is -2.14. The molecule has 0 fully saturated rings. The van der Waals surface area contributed by atoms with Gasteiger partial charge in [-0.25, -0.2) is 4.79 Å². The molecule has 5 N–H and O–H groups in total. The van der Waals surface area contributed by atoms with Gasteiger partial charge >= 0.3 is 6.03 Å². The number of carbonyl (C=O) groups excluding carboxylic acids is 3. The van der Waals surface area contributed by atoms with Crippen molar-refractivity contribution in [2.24, 2.45) is 5.73 Å². The largest absolute Gasteiger partial charge is 0.365 e. The Bertz CT molecular complexity index is 780. The van der Waals surface area contributed by atoms with Crippen LogP contribution < -0.4 is 16.4 Å². The summed E-state index contributed by atoms with van der Waals surface area (Å²) in [6.07, 6.45) is -1.85. The first-order valence-corrected chi connectivity index (χ1v) is 7.20. The number of ketones is 1. The molecule has 1 unspecified atom stereocenters. The molecule has 24 heavy (non-hydrogen) atoms. The minimum Gasteiger partial charge on any atom is -0.365 e. The fourth-order valence-corrected chi connectivity index (χ4v) is 2.13. The standard InChI is InChI=1S/C16H14ClN3O4/c17-10-6-7-12(19-14(22)15(23)20-16(18)24)11(8-10)13(21)9-4-2-1-3-5-9/h1-8,15,23H,(H,19,22)(H3,18,20,24). The molecule has 1 atom stereocenters. The van der Waals surface area contributed by atoms with Crippen molar-refractivity contribution in [3.8, 4) is 0 Å². The van der Waals surface area contributed by atoms with Crippen LogP contribution in [0.2, 0.25) is 5.02 Å². The van der Waals surface area contributed by atoms with Gasteiger partial charge in [0.25, 0.3) is 5.91 Å². The molecule has 0 spiro atoms. The summed E-state index contributed by atoms with van der Waals surface area (Å²) in [7, 11) is 0. The van der Waals surface area contributed by atoms with E-state index >= 15 is 0 Å². The van der Waals surface area contributed by atoms with Gasteiger partial charge in [-0.2, -0.15) is 0 Å². The highest BCUT2D eigenvalue weighted by Gasteiger charge is 2.20. The molecule has 0 aliphatic heterocycles. The Morgan fingerprint density at radius 3 is 2.38 bits per heavy atom. The third kappa shape index (κ3) is 4.31. The number of nitrogens with one attached hydrogen (secondary N) is 2. The molecule has 0 radical (unpaired) electrons. The number of aliphatic hydroxyl groups is 1. The quantitative estimate of drug-likeness (QED) is 0.483. The Morgan fingerprint density at radius 1 is 1.08 bits per heavy atom. The summed E-state index contributed by atoms with van der Waals surface area (Å²) in [4.78, 5) is 35.1. The van der Waals surface area contributed by atoms with Gasteiger partial charge in [-0.15, -0.1) is 0 Å². The third-order valence-corrected chi connectivity index (χ3v) is 3.28. The number of hydrogen-bond acceptors (Lipinski definition) is 4. The van der Waals surface area contributed by atoms with Crippen molar-refractivity contribution in [2.45, 2.75) is 6.23 Å². The highest BCUT2D eigenvalue weighted by molar-refractivity contribution is 6.31. The molecule has 7 nitrogen and oxygen atoms in total. The van der Waals surface area contributed by atoms with Crippen molar-refractivity contribution in [3.63, 3.8) is 0 Å². The van der Waals surface area contributed by atoms with Crippen LogP contribution >= 0.6 is 11.6 Å². The molecule has 2 aromatic carbocycles. The Balaban J connectivity index is 2.30. The molecule has 124 valence electrons. The number of rotatable bonds is 5. The van der Waals surface area contributed by atoms with Gasteiger partial charge in [0.2, 0.25) is 6.23 Å². The van der Waals surface area contributed by atoms with Crippen LogP contribution in [0.5, 0.6) is 0 Å². The van der Waals surface area contributed by atoms with Gasteiger partial charge in [0, 0.05) is 16.1 Å². The summed E-state index contributed by atoms with van der Waals surface area (Å²) in [6, 6.07) is 11.7. The molecule has 2 rings (SSSR count). The number of aliphatic hydroxyl groups excluding tert-OH is 1. The molecular weight excluding hydrogens is 334 g/mol. The number of amides is 3. The van der Waals surface area contributed by atoms with Gasteiger partial charge in [-0.05, 0) is 18.2 Å². The molecule has 3 amide bonds. The zero-order chi connectivity index (χ0) is 17.7. The molecule has 0 bridgehead atoms. The van der Waals surface area contributed by atoms with Gasteiger partial charge in [0.1, 0.15) is 0 Å². The molecule has 8 heteroatoms. The second-order valence-electron chi connectivity index (χ2n) is 4.79. The number of benzene rings is 2. The smallest absolute Gasteiger partial charge is 0.314 e. The highest BCUT2D eigenvalue weighted by atomic mass is 35.5. The van der Waals surface area contributed by atoms with Gasteiger partial charge in [0.05, 0.1) is 5.69 Å². The van der Waals surface area contributed by atoms with Crippen LogP contribution in [-0.2, 0) is 4.79 Å². The summed E-state index contributed by atoms with van der Waals surface area (Å²) in [5, 5.41) is 14.0. The first-order chi connectivity index (χ1) is 11.4. The number of urea groups is 1. The molecule has 0 aromatic heterocycles. The second-order valence-corrected chi connectivity index (χ2v) is 5.22. The maximum atomic E-state index is 12.6. The molecular formula is C16H14ClN3O4. The minimum absolute atomic E-state index is 0.142. The van der Waals surface area contributed by atoms with Crippen molar-refractivity contribution in [2.75, 3.05) is 5.32 Å². The Morgan fingerprint density at radius 2 is 1.75 bits per heavy atom. The SMILES string of the molecule is NC(=O)NC(O)C(=O)Nc1ccc(Cl)cc1C(=O)c1ccccc1. The van der Waals surface area contributed by atoms with E-state index in [-0.39, 0.29) is 17.0 Å². The van der Waals surface area contributed by atoms with Crippen LogP contribution in [0.25, 0.3) is 0 Å². The van der Waals surface area contributed by atoms with Crippen LogP contribution in [0, 0.1) is 0 Å². The third-order valence-electron chi connectivity index (χ3n) is 3.05. The predicted molar refractivity (Wildman–Crippen MR) is 88.7 cm³/mol. The van der Waals surface area contributed by atoms with Gasteiger partial charge in [0.15, 0.2) is 5.78 Å². The fraction of sp³-hybridized carbons (Fsp3) is 0.0625. The Labute approximate surface area is 142 Å². The van der Waals surface area contributed by atoms with E-state index in [2.05, 4.69) is 5.32 Å². The monoisotopic (exact) mass is 347 g/mol. The first kappa shape index (κ1) is 17.5. The van der Waals surface area contributed by atoms with E-state index in [1.54, 1.807) is 30.3 Å². The van der Waals surface area contributed by atoms with E-state index in [4.69, 9.17) is 17.3 Å². The molecule has 0 aliphatic carbocycles. The van der Waals surface area contributed by atoms with Crippen LogP contribution in [0.4, 0.5) is 10.5 Å². The van der Waals surface area contributed by atoms with Crippen LogP contribution in [0.1, 0.15) is 15.9 Å². The van der Waals surface area contributed by atoms with Crippen molar-refractivity contribution in [1.82, 2.24) is 5.32 Å². The summed E-state index contributed by atoms with van der Waals surface area (Å²) in [5.74, 6) is -1.30. The lowest BCUT2D eigenvalue weighted by molar-refractivity contribution is -0.124. The van der Waals surface area contributed by atoms with Gasteiger partial charge < -0.3 is 21.5 Å². The lowest BCUT2D eigenvalue weighted by Crippen LogP contribution is -2.46. The maximum absolute atomic E-state index is 12.6. The van der Waals surface area contributed by atoms with E-state index in [1.165, 1.54) is 18.2 Å². The van der Waals surface area contributed by atoms with Crippen LogP contribution in [0.15, 0.2) is 48.5 Å². The first-order valence-electron chi connectivity index (χ1n) is 6.82. The second kappa shape index (κ2) is 7.58. The summed E-state index contributed by atoms with van der Waals surface area (Å²) >= 11 is 5.93. The summed E-state index contributed by atoms with van der Waals surface area (Å²) < 4.78 is 0. The predicted octanol–water partition coefficient (Wildman–Crippen LogP) is 1.50. The number of hydrogen-bond donors (Lipinski definition) is 4. The zero-order valence-electron chi connectivity index (χ0n) is 12.3. The molecule has 0 saturated carbocycles. The molecule has 0 heterocycles. The average Bonchev–Trinajstić information content (AvgIpc) is 2.56. The fourth-order valence-electron chi connectivity index (χ4n) is 1.96. The minimum atomic E-state index is -1.85. The number of nitrogens with two attached hydrogens (primary N) is 1. The topological polar surface area (TPSA) is 122 Å². The molecule has 2 aromatic rings. The van der Waals surface area contributed by atoms with Crippen molar-refractivity contribution < 1.29 is 19.5 Å². The number of halogens is 1. The van der Waals surface area contributed by atoms with Crippen LogP contribution in [-0.4, -0.2) is 29.1 Å². The number of primary amides is 1. The van der Waals surface area contributed by atoms with Crippen LogP contribution in [0.3, 0.4) is 0 Å². The summed E-state index contributed by atoms with van der Waals surface area (Å²) in [6.45, 7) is 0.